The Morgan fingerprint density at radius 3 is 2.84 bits per heavy atom. The fourth-order valence-electron chi connectivity index (χ4n) is 4.13. The molecular weight excluding hydrogens is 244 g/mol. The average molecular weight is 260 g/mol. The van der Waals surface area contributed by atoms with Crippen molar-refractivity contribution in [1.29, 1.82) is 0 Å². The summed E-state index contributed by atoms with van der Waals surface area (Å²) < 4.78 is 11.0. The first-order valence-corrected chi connectivity index (χ1v) is 6.90. The van der Waals surface area contributed by atoms with Crippen molar-refractivity contribution < 1.29 is 19.1 Å². The lowest BCUT2D eigenvalue weighted by Crippen LogP contribution is -2.28. The Bertz CT molecular complexity index is 556. The fourth-order valence-corrected chi connectivity index (χ4v) is 4.13. The van der Waals surface area contributed by atoms with Crippen molar-refractivity contribution in [3.63, 3.8) is 0 Å². The van der Waals surface area contributed by atoms with E-state index in [1.807, 2.05) is 19.9 Å². The third-order valence-corrected chi connectivity index (χ3v) is 5.12. The first kappa shape index (κ1) is 11.3. The second kappa shape index (κ2) is 3.50. The van der Waals surface area contributed by atoms with Gasteiger partial charge in [0.15, 0.2) is 0 Å². The molecule has 4 aliphatic rings. The standard InChI is InChI=1S/C15H16O4/c1-6-5-10-12-9(15(17)18-10)4-3-8-7(2)14(16)19-13(8)11(6)12/h5,7-8,10-11,13H,3-4H2,1-2H3/t7-,8-,10+,11-,13-/m0/s1. The summed E-state index contributed by atoms with van der Waals surface area (Å²) in [6.45, 7) is 3.98. The van der Waals surface area contributed by atoms with Crippen molar-refractivity contribution in [1.82, 2.24) is 0 Å². The summed E-state index contributed by atoms with van der Waals surface area (Å²) in [5.74, 6) is -0.0491. The molecule has 0 amide bonds. The van der Waals surface area contributed by atoms with E-state index in [9.17, 15) is 9.59 Å². The Kier molecular flexibility index (Phi) is 2.07. The van der Waals surface area contributed by atoms with Gasteiger partial charge in [-0.2, -0.15) is 0 Å². The summed E-state index contributed by atoms with van der Waals surface area (Å²) in [4.78, 5) is 23.7. The number of rotatable bonds is 0. The van der Waals surface area contributed by atoms with Gasteiger partial charge in [-0.1, -0.05) is 12.5 Å². The Balaban J connectivity index is 1.82. The highest BCUT2D eigenvalue weighted by molar-refractivity contribution is 5.93. The minimum Gasteiger partial charge on any atom is -0.461 e. The average Bonchev–Trinajstić information content (AvgIpc) is 2.86. The maximum Gasteiger partial charge on any atom is 0.335 e. The molecule has 0 spiro atoms. The molecule has 2 aliphatic carbocycles. The lowest BCUT2D eigenvalue weighted by molar-refractivity contribution is -0.145. The summed E-state index contributed by atoms with van der Waals surface area (Å²) in [6.07, 6.45) is 3.24. The van der Waals surface area contributed by atoms with Crippen LogP contribution in [-0.2, 0) is 19.1 Å². The lowest BCUT2D eigenvalue weighted by Gasteiger charge is -2.24. The molecule has 0 radical (unpaired) electrons. The minimum absolute atomic E-state index is 0.0621. The maximum atomic E-state index is 11.9. The van der Waals surface area contributed by atoms with E-state index in [4.69, 9.17) is 9.47 Å². The quantitative estimate of drug-likeness (QED) is 0.492. The zero-order valence-electron chi connectivity index (χ0n) is 11.0. The van der Waals surface area contributed by atoms with Gasteiger partial charge in [0, 0.05) is 17.4 Å². The predicted octanol–water partition coefficient (Wildman–Crippen LogP) is 1.76. The summed E-state index contributed by atoms with van der Waals surface area (Å²) in [5.41, 5.74) is 3.07. The zero-order valence-corrected chi connectivity index (χ0v) is 11.0. The van der Waals surface area contributed by atoms with E-state index < -0.39 is 0 Å². The van der Waals surface area contributed by atoms with E-state index >= 15 is 0 Å². The number of esters is 2. The van der Waals surface area contributed by atoms with Gasteiger partial charge in [-0.15, -0.1) is 0 Å². The predicted molar refractivity (Wildman–Crippen MR) is 65.9 cm³/mol. The van der Waals surface area contributed by atoms with Crippen LogP contribution in [0.1, 0.15) is 26.7 Å². The summed E-state index contributed by atoms with van der Waals surface area (Å²) in [7, 11) is 0. The summed E-state index contributed by atoms with van der Waals surface area (Å²) in [6, 6.07) is 0. The van der Waals surface area contributed by atoms with Crippen LogP contribution in [0.15, 0.2) is 22.8 Å². The molecule has 5 atom stereocenters. The molecule has 100 valence electrons. The van der Waals surface area contributed by atoms with Crippen molar-refractivity contribution >= 4 is 11.9 Å². The topological polar surface area (TPSA) is 52.6 Å². The van der Waals surface area contributed by atoms with Crippen molar-refractivity contribution in [2.24, 2.45) is 17.8 Å². The number of ether oxygens (including phenoxy) is 2. The van der Waals surface area contributed by atoms with E-state index in [-0.39, 0.29) is 41.9 Å². The van der Waals surface area contributed by atoms with Gasteiger partial charge in [0.1, 0.15) is 12.2 Å². The van der Waals surface area contributed by atoms with Gasteiger partial charge in [-0.25, -0.2) is 4.79 Å². The monoisotopic (exact) mass is 260 g/mol. The molecular formula is C15H16O4. The van der Waals surface area contributed by atoms with Crippen LogP contribution >= 0.6 is 0 Å². The Morgan fingerprint density at radius 2 is 2.05 bits per heavy atom. The zero-order chi connectivity index (χ0) is 13.3. The van der Waals surface area contributed by atoms with Crippen LogP contribution in [0.25, 0.3) is 0 Å². The Hall–Kier alpha value is -1.58. The van der Waals surface area contributed by atoms with Gasteiger partial charge in [-0.05, 0) is 31.4 Å². The fraction of sp³-hybridized carbons (Fsp3) is 0.600. The smallest absolute Gasteiger partial charge is 0.335 e. The molecule has 1 fully saturated rings. The molecule has 4 nitrogen and oxygen atoms in total. The molecule has 2 aliphatic heterocycles. The van der Waals surface area contributed by atoms with Crippen LogP contribution in [0.4, 0.5) is 0 Å². The highest BCUT2D eigenvalue weighted by atomic mass is 16.6. The highest BCUT2D eigenvalue weighted by Crippen LogP contribution is 2.51. The minimum atomic E-state index is -0.208. The van der Waals surface area contributed by atoms with Gasteiger partial charge in [-0.3, -0.25) is 4.79 Å². The second-order valence-corrected chi connectivity index (χ2v) is 6.04. The van der Waals surface area contributed by atoms with Gasteiger partial charge >= 0.3 is 11.9 Å². The molecule has 0 N–H and O–H groups in total. The van der Waals surface area contributed by atoms with Crippen molar-refractivity contribution in [3.05, 3.63) is 22.8 Å². The van der Waals surface area contributed by atoms with Crippen LogP contribution in [0, 0.1) is 17.8 Å². The molecule has 0 unspecified atom stereocenters. The molecule has 2 heterocycles. The molecule has 4 rings (SSSR count). The molecule has 0 saturated carbocycles. The van der Waals surface area contributed by atoms with E-state index in [1.165, 1.54) is 5.57 Å². The molecule has 1 saturated heterocycles. The molecule has 4 heteroatoms. The number of fused-ring (bicyclic) bond motifs is 2. The molecule has 0 aromatic heterocycles. The molecule has 19 heavy (non-hydrogen) atoms. The third-order valence-electron chi connectivity index (χ3n) is 5.12. The third kappa shape index (κ3) is 1.29. The van der Waals surface area contributed by atoms with E-state index in [2.05, 4.69) is 0 Å². The number of hydrogen-bond acceptors (Lipinski definition) is 4. The normalized spacial score (nSPS) is 43.5. The van der Waals surface area contributed by atoms with Gasteiger partial charge in [0.05, 0.1) is 5.92 Å². The van der Waals surface area contributed by atoms with Crippen LogP contribution < -0.4 is 0 Å². The van der Waals surface area contributed by atoms with Crippen LogP contribution in [-0.4, -0.2) is 24.1 Å². The summed E-state index contributed by atoms with van der Waals surface area (Å²) >= 11 is 0. The van der Waals surface area contributed by atoms with Crippen LogP contribution in [0.2, 0.25) is 0 Å². The van der Waals surface area contributed by atoms with Gasteiger partial charge < -0.3 is 9.47 Å². The van der Waals surface area contributed by atoms with Crippen molar-refractivity contribution in [2.75, 3.05) is 0 Å². The first-order valence-electron chi connectivity index (χ1n) is 6.90. The lowest BCUT2D eigenvalue weighted by atomic mass is 9.81. The van der Waals surface area contributed by atoms with Crippen molar-refractivity contribution in [3.8, 4) is 0 Å². The van der Waals surface area contributed by atoms with Crippen LogP contribution in [0.5, 0.6) is 0 Å². The summed E-state index contributed by atoms with van der Waals surface area (Å²) in [5, 5.41) is 0. The number of carbonyl (C=O) groups is 2. The molecule has 0 bridgehead atoms. The first-order chi connectivity index (χ1) is 9.08. The second-order valence-electron chi connectivity index (χ2n) is 6.04. The van der Waals surface area contributed by atoms with E-state index in [0.29, 0.717) is 6.42 Å². The van der Waals surface area contributed by atoms with Gasteiger partial charge in [0.25, 0.3) is 0 Å². The largest absolute Gasteiger partial charge is 0.461 e. The molecule has 0 aromatic rings. The Morgan fingerprint density at radius 1 is 1.26 bits per heavy atom. The highest BCUT2D eigenvalue weighted by Gasteiger charge is 2.54. The number of hydrogen-bond donors (Lipinski definition) is 0. The van der Waals surface area contributed by atoms with E-state index in [0.717, 1.165) is 17.6 Å². The number of carbonyl (C=O) groups excluding carboxylic acids is 2. The van der Waals surface area contributed by atoms with Gasteiger partial charge in [0.2, 0.25) is 0 Å². The molecule has 0 aromatic carbocycles. The van der Waals surface area contributed by atoms with E-state index in [1.54, 1.807) is 0 Å². The van der Waals surface area contributed by atoms with Crippen molar-refractivity contribution in [2.45, 2.75) is 38.9 Å². The Labute approximate surface area is 111 Å². The van der Waals surface area contributed by atoms with Crippen LogP contribution in [0.3, 0.4) is 0 Å². The SMILES string of the molecule is CC1=C[C@H]2OC(=O)C3=C2[C@H]1[C@H]1OC(=O)[C@@H](C)[C@@H]1CC3. The maximum absolute atomic E-state index is 11.9.